The molecule has 0 bridgehead atoms. The first-order chi connectivity index (χ1) is 11.3. The molecule has 0 aliphatic rings. The Kier molecular flexibility index (Phi) is 4.99. The zero-order valence-electron chi connectivity index (χ0n) is 12.4. The average Bonchev–Trinajstić information content (AvgIpc) is 2.56. The van der Waals surface area contributed by atoms with Crippen molar-refractivity contribution in [2.75, 3.05) is 7.11 Å². The molecule has 0 aliphatic heterocycles. The largest absolute Gasteiger partial charge is 0.504 e. The second-order valence-electron chi connectivity index (χ2n) is 4.54. The summed E-state index contributed by atoms with van der Waals surface area (Å²) < 4.78 is 29.0. The highest BCUT2D eigenvalue weighted by molar-refractivity contribution is 7.89. The molecular weight excluding hydrogens is 338 g/mol. The number of sulfonamides is 1. The molecule has 0 aromatic heterocycles. The van der Waals surface area contributed by atoms with E-state index in [-0.39, 0.29) is 22.1 Å². The summed E-state index contributed by atoms with van der Waals surface area (Å²) in [5, 5.41) is 23.6. The number of benzene rings is 2. The third kappa shape index (κ3) is 3.98. The Balaban J connectivity index is 2.13. The van der Waals surface area contributed by atoms with Crippen molar-refractivity contribution in [2.24, 2.45) is 5.10 Å². The van der Waals surface area contributed by atoms with Gasteiger partial charge in [0.1, 0.15) is 0 Å². The maximum absolute atomic E-state index is 12.0. The number of ether oxygens (including phenoxy) is 1. The van der Waals surface area contributed by atoms with E-state index in [1.54, 1.807) is 0 Å². The molecule has 2 rings (SSSR count). The number of nitro benzene ring substituents is 1. The lowest BCUT2D eigenvalue weighted by Crippen LogP contribution is -2.18. The van der Waals surface area contributed by atoms with Gasteiger partial charge in [-0.05, 0) is 35.9 Å². The molecule has 0 fully saturated rings. The summed E-state index contributed by atoms with van der Waals surface area (Å²) in [6.45, 7) is 0. The third-order valence-electron chi connectivity index (χ3n) is 2.95. The van der Waals surface area contributed by atoms with Gasteiger partial charge >= 0.3 is 0 Å². The number of hydrogen-bond donors (Lipinski definition) is 2. The first-order valence-corrected chi connectivity index (χ1v) is 7.98. The van der Waals surface area contributed by atoms with Gasteiger partial charge < -0.3 is 9.84 Å². The standard InChI is InChI=1S/C14H13N3O6S/c1-23-14-8-10(2-7-13(14)18)9-15-16-24(21,22)12-5-3-11(4-6-12)17(19)20/h2-9,16,18H,1H3. The van der Waals surface area contributed by atoms with Crippen LogP contribution in [0.15, 0.2) is 52.5 Å². The maximum Gasteiger partial charge on any atom is 0.276 e. The van der Waals surface area contributed by atoms with Crippen molar-refractivity contribution in [1.29, 1.82) is 0 Å². The Labute approximate surface area is 137 Å². The number of nitro groups is 1. The summed E-state index contributed by atoms with van der Waals surface area (Å²) in [4.78, 5) is 11.8. The predicted octanol–water partition coefficient (Wildman–Crippen LogP) is 1.62. The van der Waals surface area contributed by atoms with E-state index in [9.17, 15) is 23.6 Å². The zero-order chi connectivity index (χ0) is 17.7. The van der Waals surface area contributed by atoms with Crippen LogP contribution in [0.1, 0.15) is 5.56 Å². The highest BCUT2D eigenvalue weighted by Crippen LogP contribution is 2.25. The van der Waals surface area contributed by atoms with Gasteiger partial charge in [0, 0.05) is 12.1 Å². The fourth-order valence-electron chi connectivity index (χ4n) is 1.74. The summed E-state index contributed by atoms with van der Waals surface area (Å²) in [5.74, 6) is 0.165. The van der Waals surface area contributed by atoms with Crippen molar-refractivity contribution in [3.63, 3.8) is 0 Å². The van der Waals surface area contributed by atoms with Crippen LogP contribution in [0.5, 0.6) is 11.5 Å². The van der Waals surface area contributed by atoms with Gasteiger partial charge in [0.15, 0.2) is 11.5 Å². The van der Waals surface area contributed by atoms with Crippen LogP contribution < -0.4 is 9.57 Å². The van der Waals surface area contributed by atoms with Crippen molar-refractivity contribution < 1.29 is 23.2 Å². The summed E-state index contributed by atoms with van der Waals surface area (Å²) >= 11 is 0. The molecule has 2 aromatic rings. The topological polar surface area (TPSA) is 131 Å². The number of phenols is 1. The van der Waals surface area contributed by atoms with Crippen LogP contribution in [0.3, 0.4) is 0 Å². The van der Waals surface area contributed by atoms with Gasteiger partial charge in [-0.3, -0.25) is 10.1 Å². The predicted molar refractivity (Wildman–Crippen MR) is 85.7 cm³/mol. The van der Waals surface area contributed by atoms with Crippen LogP contribution in [-0.2, 0) is 10.0 Å². The molecule has 2 N–H and O–H groups in total. The second-order valence-corrected chi connectivity index (χ2v) is 6.20. The van der Waals surface area contributed by atoms with Crippen molar-refractivity contribution in [1.82, 2.24) is 4.83 Å². The van der Waals surface area contributed by atoms with Gasteiger partial charge in [-0.25, -0.2) is 4.83 Å². The molecule has 0 amide bonds. The van der Waals surface area contributed by atoms with Crippen LogP contribution >= 0.6 is 0 Å². The summed E-state index contributed by atoms with van der Waals surface area (Å²) in [7, 11) is -2.57. The Morgan fingerprint density at radius 2 is 1.92 bits per heavy atom. The molecule has 2 aromatic carbocycles. The van der Waals surface area contributed by atoms with Crippen molar-refractivity contribution in [3.05, 3.63) is 58.1 Å². The van der Waals surface area contributed by atoms with E-state index in [1.165, 1.54) is 31.5 Å². The fourth-order valence-corrected chi connectivity index (χ4v) is 2.54. The number of rotatable bonds is 6. The Bertz CT molecular complexity index is 878. The van der Waals surface area contributed by atoms with Crippen LogP contribution in [0, 0.1) is 10.1 Å². The lowest BCUT2D eigenvalue weighted by Gasteiger charge is -2.04. The Hall–Kier alpha value is -3.14. The Morgan fingerprint density at radius 1 is 1.25 bits per heavy atom. The van der Waals surface area contributed by atoms with Crippen LogP contribution in [0.4, 0.5) is 5.69 Å². The number of phenolic OH excluding ortho intramolecular Hbond substituents is 1. The smallest absolute Gasteiger partial charge is 0.276 e. The van der Waals surface area contributed by atoms with E-state index >= 15 is 0 Å². The molecule has 126 valence electrons. The van der Waals surface area contributed by atoms with E-state index in [0.29, 0.717) is 5.56 Å². The molecule has 0 saturated heterocycles. The fraction of sp³-hybridized carbons (Fsp3) is 0.0714. The van der Waals surface area contributed by atoms with Gasteiger partial charge in [0.05, 0.1) is 23.1 Å². The average molecular weight is 351 g/mol. The number of nitrogens with zero attached hydrogens (tertiary/aromatic N) is 2. The molecule has 9 nitrogen and oxygen atoms in total. The molecule has 0 atom stereocenters. The quantitative estimate of drug-likeness (QED) is 0.462. The molecule has 0 radical (unpaired) electrons. The van der Waals surface area contributed by atoms with Crippen LogP contribution in [-0.4, -0.2) is 31.8 Å². The minimum Gasteiger partial charge on any atom is -0.504 e. The molecule has 0 unspecified atom stereocenters. The number of aromatic hydroxyl groups is 1. The highest BCUT2D eigenvalue weighted by atomic mass is 32.2. The number of nitrogens with one attached hydrogen (secondary N) is 1. The number of hydrogen-bond acceptors (Lipinski definition) is 7. The maximum atomic E-state index is 12.0. The van der Waals surface area contributed by atoms with E-state index in [2.05, 4.69) is 5.10 Å². The first kappa shape index (κ1) is 17.2. The van der Waals surface area contributed by atoms with E-state index in [4.69, 9.17) is 4.74 Å². The molecule has 0 saturated carbocycles. The minimum absolute atomic E-state index is 0.0545. The molecule has 24 heavy (non-hydrogen) atoms. The lowest BCUT2D eigenvalue weighted by atomic mass is 10.2. The number of hydrazone groups is 1. The van der Waals surface area contributed by atoms with Crippen molar-refractivity contribution >= 4 is 21.9 Å². The second kappa shape index (κ2) is 6.96. The van der Waals surface area contributed by atoms with Gasteiger partial charge in [-0.1, -0.05) is 0 Å². The molecular formula is C14H13N3O6S. The van der Waals surface area contributed by atoms with Gasteiger partial charge in [0.25, 0.3) is 15.7 Å². The Morgan fingerprint density at radius 3 is 2.50 bits per heavy atom. The van der Waals surface area contributed by atoms with Crippen LogP contribution in [0.25, 0.3) is 0 Å². The van der Waals surface area contributed by atoms with E-state index in [1.807, 2.05) is 4.83 Å². The first-order valence-electron chi connectivity index (χ1n) is 6.50. The van der Waals surface area contributed by atoms with Gasteiger partial charge in [-0.2, -0.15) is 13.5 Å². The molecule has 0 heterocycles. The van der Waals surface area contributed by atoms with E-state index < -0.39 is 14.9 Å². The SMILES string of the molecule is COc1cc(C=NNS(=O)(=O)c2ccc([N+](=O)[O-])cc2)ccc1O. The van der Waals surface area contributed by atoms with E-state index in [0.717, 1.165) is 24.3 Å². The minimum atomic E-state index is -3.95. The van der Waals surface area contributed by atoms with Crippen LogP contribution in [0.2, 0.25) is 0 Å². The van der Waals surface area contributed by atoms with Crippen molar-refractivity contribution in [3.8, 4) is 11.5 Å². The summed E-state index contributed by atoms with van der Waals surface area (Å²) in [6, 6.07) is 8.76. The normalized spacial score (nSPS) is 11.4. The van der Waals surface area contributed by atoms with Gasteiger partial charge in [-0.15, -0.1) is 0 Å². The lowest BCUT2D eigenvalue weighted by molar-refractivity contribution is -0.384. The summed E-state index contributed by atoms with van der Waals surface area (Å²) in [6.07, 6.45) is 1.23. The number of non-ortho nitro benzene ring substituents is 1. The summed E-state index contributed by atoms with van der Waals surface area (Å²) in [5.41, 5.74) is 0.282. The molecule has 10 heteroatoms. The molecule has 0 spiro atoms. The molecule has 0 aliphatic carbocycles. The van der Waals surface area contributed by atoms with Crippen molar-refractivity contribution in [2.45, 2.75) is 4.90 Å². The van der Waals surface area contributed by atoms with Gasteiger partial charge in [0.2, 0.25) is 0 Å². The zero-order valence-corrected chi connectivity index (χ0v) is 13.2. The third-order valence-corrected chi connectivity index (χ3v) is 4.19. The number of methoxy groups -OCH3 is 1. The highest BCUT2D eigenvalue weighted by Gasteiger charge is 2.14. The monoisotopic (exact) mass is 351 g/mol.